The zero-order valence-electron chi connectivity index (χ0n) is 10.9. The molecule has 1 aromatic heterocycles. The average Bonchev–Trinajstić information content (AvgIpc) is 2.46. The summed E-state index contributed by atoms with van der Waals surface area (Å²) in [7, 11) is 3.43. The van der Waals surface area contributed by atoms with E-state index in [9.17, 15) is 5.11 Å². The van der Waals surface area contributed by atoms with Gasteiger partial charge in [0.25, 0.3) is 0 Å². The van der Waals surface area contributed by atoms with E-state index in [2.05, 4.69) is 20.2 Å². The summed E-state index contributed by atoms with van der Waals surface area (Å²) in [5.41, 5.74) is 0. The Balaban J connectivity index is 2.26. The summed E-state index contributed by atoms with van der Waals surface area (Å²) >= 11 is 0. The molecule has 100 valence electrons. The number of methoxy groups -OCH3 is 1. The second-order valence-electron chi connectivity index (χ2n) is 4.47. The highest BCUT2D eigenvalue weighted by Crippen LogP contribution is 2.33. The van der Waals surface area contributed by atoms with Crippen LogP contribution in [0.5, 0.6) is 5.75 Å². The fourth-order valence-electron chi connectivity index (χ4n) is 2.36. The second-order valence-corrected chi connectivity index (χ2v) is 4.47. The zero-order chi connectivity index (χ0) is 13.0. The van der Waals surface area contributed by atoms with Crippen molar-refractivity contribution in [3.05, 3.63) is 6.33 Å². The van der Waals surface area contributed by atoms with Gasteiger partial charge in [0.1, 0.15) is 6.33 Å². The Bertz CT molecular complexity index is 400. The van der Waals surface area contributed by atoms with Crippen LogP contribution in [-0.4, -0.2) is 48.9 Å². The molecule has 1 aromatic rings. The first-order valence-electron chi connectivity index (χ1n) is 6.22. The van der Waals surface area contributed by atoms with Crippen molar-refractivity contribution in [2.75, 3.05) is 44.1 Å². The highest BCUT2D eigenvalue weighted by molar-refractivity contribution is 5.64. The number of nitrogens with one attached hydrogen (secondary N) is 1. The van der Waals surface area contributed by atoms with Gasteiger partial charge in [-0.1, -0.05) is 0 Å². The van der Waals surface area contributed by atoms with Gasteiger partial charge in [0, 0.05) is 26.7 Å². The van der Waals surface area contributed by atoms with Gasteiger partial charge in [0.15, 0.2) is 11.6 Å². The molecule has 0 aromatic carbocycles. The summed E-state index contributed by atoms with van der Waals surface area (Å²) in [6.45, 7) is 1.98. The lowest BCUT2D eigenvalue weighted by atomic mass is 9.99. The summed E-state index contributed by atoms with van der Waals surface area (Å²) < 4.78 is 5.40. The molecule has 2 heterocycles. The number of ether oxygens (including phenoxy) is 1. The molecule has 0 spiro atoms. The van der Waals surface area contributed by atoms with Gasteiger partial charge in [-0.3, -0.25) is 0 Å². The van der Waals surface area contributed by atoms with Gasteiger partial charge in [0.05, 0.1) is 7.11 Å². The molecule has 1 saturated heterocycles. The molecule has 0 amide bonds. The normalized spacial score (nSPS) is 19.7. The van der Waals surface area contributed by atoms with E-state index in [1.54, 1.807) is 14.2 Å². The van der Waals surface area contributed by atoms with Crippen molar-refractivity contribution in [3.63, 3.8) is 0 Å². The van der Waals surface area contributed by atoms with Crippen LogP contribution >= 0.6 is 0 Å². The van der Waals surface area contributed by atoms with E-state index < -0.39 is 0 Å². The summed E-state index contributed by atoms with van der Waals surface area (Å²) in [6.07, 6.45) is 3.67. The molecule has 0 radical (unpaired) electrons. The number of aromatic nitrogens is 2. The van der Waals surface area contributed by atoms with Gasteiger partial charge >= 0.3 is 0 Å². The Morgan fingerprint density at radius 3 is 3.06 bits per heavy atom. The van der Waals surface area contributed by atoms with Crippen LogP contribution in [0.25, 0.3) is 0 Å². The SMILES string of the molecule is CNc1ncnc(N2CCCC(CO)C2)c1OC. The lowest BCUT2D eigenvalue weighted by Crippen LogP contribution is -2.37. The first-order chi connectivity index (χ1) is 8.80. The molecule has 1 unspecified atom stereocenters. The molecule has 1 fully saturated rings. The topological polar surface area (TPSA) is 70.5 Å². The maximum atomic E-state index is 9.28. The number of hydrogen-bond acceptors (Lipinski definition) is 6. The van der Waals surface area contributed by atoms with Crippen LogP contribution in [0.2, 0.25) is 0 Å². The molecule has 2 N–H and O–H groups in total. The molecule has 2 rings (SSSR count). The van der Waals surface area contributed by atoms with Gasteiger partial charge in [0.2, 0.25) is 5.75 Å². The third-order valence-electron chi connectivity index (χ3n) is 3.30. The lowest BCUT2D eigenvalue weighted by Gasteiger charge is -2.33. The molecule has 18 heavy (non-hydrogen) atoms. The summed E-state index contributed by atoms with van der Waals surface area (Å²) in [5.74, 6) is 2.47. The van der Waals surface area contributed by atoms with Crippen molar-refractivity contribution in [3.8, 4) is 5.75 Å². The molecule has 0 aliphatic carbocycles. The Morgan fingerprint density at radius 1 is 1.56 bits per heavy atom. The van der Waals surface area contributed by atoms with E-state index in [0.29, 0.717) is 17.5 Å². The molecule has 6 nitrogen and oxygen atoms in total. The van der Waals surface area contributed by atoms with E-state index in [0.717, 1.165) is 31.7 Å². The third kappa shape index (κ3) is 2.48. The van der Waals surface area contributed by atoms with E-state index in [1.165, 1.54) is 6.33 Å². The van der Waals surface area contributed by atoms with Crippen LogP contribution in [0.1, 0.15) is 12.8 Å². The highest BCUT2D eigenvalue weighted by atomic mass is 16.5. The molecule has 0 bridgehead atoms. The summed E-state index contributed by atoms with van der Waals surface area (Å²) in [6, 6.07) is 0. The number of anilines is 2. The monoisotopic (exact) mass is 252 g/mol. The molecular formula is C12H20N4O2. The van der Waals surface area contributed by atoms with Crippen LogP contribution in [0.15, 0.2) is 6.33 Å². The minimum atomic E-state index is 0.225. The Labute approximate surface area is 107 Å². The van der Waals surface area contributed by atoms with E-state index in [4.69, 9.17) is 4.74 Å². The van der Waals surface area contributed by atoms with Gasteiger partial charge in [-0.05, 0) is 18.8 Å². The maximum absolute atomic E-state index is 9.28. The minimum Gasteiger partial charge on any atom is -0.490 e. The van der Waals surface area contributed by atoms with Gasteiger partial charge in [-0.25, -0.2) is 9.97 Å². The quantitative estimate of drug-likeness (QED) is 0.823. The van der Waals surface area contributed by atoms with Crippen molar-refractivity contribution in [2.24, 2.45) is 5.92 Å². The number of rotatable bonds is 4. The third-order valence-corrected chi connectivity index (χ3v) is 3.30. The Hall–Kier alpha value is -1.56. The summed E-state index contributed by atoms with van der Waals surface area (Å²) in [4.78, 5) is 10.6. The molecule has 1 atom stereocenters. The van der Waals surface area contributed by atoms with E-state index >= 15 is 0 Å². The Kier molecular flexibility index (Phi) is 4.19. The predicted molar refractivity (Wildman–Crippen MR) is 70.2 cm³/mol. The minimum absolute atomic E-state index is 0.225. The molecule has 6 heteroatoms. The predicted octanol–water partition coefficient (Wildman–Crippen LogP) is 0.736. The zero-order valence-corrected chi connectivity index (χ0v) is 10.9. The van der Waals surface area contributed by atoms with Crippen LogP contribution in [0.3, 0.4) is 0 Å². The van der Waals surface area contributed by atoms with E-state index in [-0.39, 0.29) is 6.61 Å². The summed E-state index contributed by atoms with van der Waals surface area (Å²) in [5, 5.41) is 12.3. The van der Waals surface area contributed by atoms with Crippen LogP contribution in [0.4, 0.5) is 11.6 Å². The molecular weight excluding hydrogens is 232 g/mol. The van der Waals surface area contributed by atoms with Crippen molar-refractivity contribution >= 4 is 11.6 Å². The van der Waals surface area contributed by atoms with Crippen molar-refractivity contribution < 1.29 is 9.84 Å². The number of piperidine rings is 1. The van der Waals surface area contributed by atoms with Gasteiger partial charge in [-0.15, -0.1) is 0 Å². The second kappa shape index (κ2) is 5.86. The molecule has 1 aliphatic rings. The van der Waals surface area contributed by atoms with Crippen molar-refractivity contribution in [1.29, 1.82) is 0 Å². The smallest absolute Gasteiger partial charge is 0.204 e. The first-order valence-corrected chi connectivity index (χ1v) is 6.22. The van der Waals surface area contributed by atoms with Crippen LogP contribution in [-0.2, 0) is 0 Å². The number of aliphatic hydroxyl groups excluding tert-OH is 1. The van der Waals surface area contributed by atoms with Crippen LogP contribution < -0.4 is 15.0 Å². The average molecular weight is 252 g/mol. The Morgan fingerprint density at radius 2 is 2.39 bits per heavy atom. The lowest BCUT2D eigenvalue weighted by molar-refractivity contribution is 0.208. The van der Waals surface area contributed by atoms with Gasteiger partial charge < -0.3 is 20.1 Å². The molecule has 1 aliphatic heterocycles. The number of aliphatic hydroxyl groups is 1. The van der Waals surface area contributed by atoms with Crippen molar-refractivity contribution in [1.82, 2.24) is 9.97 Å². The van der Waals surface area contributed by atoms with Gasteiger partial charge in [-0.2, -0.15) is 0 Å². The van der Waals surface area contributed by atoms with Crippen LogP contribution in [0, 0.1) is 5.92 Å². The number of hydrogen-bond donors (Lipinski definition) is 2. The van der Waals surface area contributed by atoms with Crippen molar-refractivity contribution in [2.45, 2.75) is 12.8 Å². The van der Waals surface area contributed by atoms with E-state index in [1.807, 2.05) is 0 Å². The number of nitrogens with zero attached hydrogens (tertiary/aromatic N) is 3. The highest BCUT2D eigenvalue weighted by Gasteiger charge is 2.24. The first kappa shape index (κ1) is 12.9. The standard InChI is InChI=1S/C12H20N4O2/c1-13-11-10(18-2)12(15-8-14-11)16-5-3-4-9(6-16)7-17/h8-9,17H,3-7H2,1-2H3,(H,13,14,15). The largest absolute Gasteiger partial charge is 0.490 e. The fourth-order valence-corrected chi connectivity index (χ4v) is 2.36. The maximum Gasteiger partial charge on any atom is 0.204 e. The fraction of sp³-hybridized carbons (Fsp3) is 0.667. The molecule has 0 saturated carbocycles.